The van der Waals surface area contributed by atoms with Gasteiger partial charge in [0, 0.05) is 22.3 Å². The molecule has 1 aliphatic heterocycles. The second-order valence-corrected chi connectivity index (χ2v) is 8.75. The number of carbonyl (C=O) groups excluding carboxylic acids is 1. The van der Waals surface area contributed by atoms with E-state index in [1.165, 1.54) is 6.07 Å². The van der Waals surface area contributed by atoms with Crippen molar-refractivity contribution in [2.75, 3.05) is 16.8 Å². The molecule has 1 aliphatic rings. The molecule has 27 heavy (non-hydrogen) atoms. The van der Waals surface area contributed by atoms with Gasteiger partial charge in [0.1, 0.15) is 10.7 Å². The van der Waals surface area contributed by atoms with E-state index in [9.17, 15) is 13.2 Å². The maximum atomic E-state index is 12.5. The van der Waals surface area contributed by atoms with Crippen molar-refractivity contribution in [3.8, 4) is 0 Å². The van der Waals surface area contributed by atoms with Gasteiger partial charge in [-0.2, -0.15) is 8.42 Å². The molecule has 1 N–H and O–H groups in total. The summed E-state index contributed by atoms with van der Waals surface area (Å²) in [4.78, 5) is 14.5. The van der Waals surface area contributed by atoms with E-state index in [0.29, 0.717) is 23.8 Å². The quantitative estimate of drug-likeness (QED) is 0.731. The molecule has 2 aromatic rings. The molecule has 0 saturated carbocycles. The highest BCUT2D eigenvalue weighted by molar-refractivity contribution is 9.10. The number of amidine groups is 1. The van der Waals surface area contributed by atoms with Gasteiger partial charge in [-0.05, 0) is 55.8 Å². The van der Waals surface area contributed by atoms with Crippen LogP contribution in [0.5, 0.6) is 0 Å². The molecular weight excluding hydrogens is 430 g/mol. The third kappa shape index (κ3) is 4.22. The van der Waals surface area contributed by atoms with Crippen LogP contribution in [0.4, 0.5) is 11.4 Å². The van der Waals surface area contributed by atoms with Crippen LogP contribution in [-0.2, 0) is 10.0 Å². The molecule has 0 fully saturated rings. The number of halogens is 1. The van der Waals surface area contributed by atoms with Gasteiger partial charge in [0.15, 0.2) is 0 Å². The lowest BCUT2D eigenvalue weighted by Crippen LogP contribution is -2.34. The summed E-state index contributed by atoms with van der Waals surface area (Å²) in [6.45, 7) is 4.44. The minimum absolute atomic E-state index is 0.0626. The van der Waals surface area contributed by atoms with Crippen LogP contribution in [0.2, 0.25) is 0 Å². The number of fused-ring (bicyclic) bond motifs is 1. The van der Waals surface area contributed by atoms with E-state index in [1.807, 2.05) is 17.0 Å². The number of carbonyl (C=O) groups is 1. The number of nitrogens with zero attached hydrogens (tertiary/aromatic N) is 2. The Labute approximate surface area is 167 Å². The summed E-state index contributed by atoms with van der Waals surface area (Å²) < 4.78 is 29.8. The molecule has 0 spiro atoms. The van der Waals surface area contributed by atoms with Gasteiger partial charge in [0.2, 0.25) is 0 Å². The molecule has 1 heterocycles. The zero-order valence-corrected chi connectivity index (χ0v) is 17.5. The van der Waals surface area contributed by atoms with Crippen LogP contribution in [0.3, 0.4) is 0 Å². The highest BCUT2D eigenvalue weighted by Gasteiger charge is 2.29. The smallest absolute Gasteiger partial charge is 0.286 e. The van der Waals surface area contributed by atoms with Gasteiger partial charge >= 0.3 is 0 Å². The molecule has 0 bridgehead atoms. The van der Waals surface area contributed by atoms with Crippen LogP contribution >= 0.6 is 15.9 Å². The van der Waals surface area contributed by atoms with Crippen molar-refractivity contribution >= 4 is 49.1 Å². The summed E-state index contributed by atoms with van der Waals surface area (Å²) >= 11 is 3.34. The molecule has 3 rings (SSSR count). The fraction of sp³-hybridized carbons (Fsp3) is 0.263. The first-order valence-electron chi connectivity index (χ1n) is 8.62. The average molecular weight is 450 g/mol. The van der Waals surface area contributed by atoms with Crippen molar-refractivity contribution in [2.45, 2.75) is 31.6 Å². The number of anilines is 2. The van der Waals surface area contributed by atoms with Crippen LogP contribution in [0.15, 0.2) is 56.2 Å². The Kier molecular flexibility index (Phi) is 5.67. The zero-order valence-electron chi connectivity index (χ0n) is 15.1. The fourth-order valence-corrected chi connectivity index (χ4v) is 4.39. The molecule has 0 aliphatic carbocycles. The van der Waals surface area contributed by atoms with Crippen molar-refractivity contribution in [1.82, 2.24) is 0 Å². The van der Waals surface area contributed by atoms with Crippen LogP contribution in [-0.4, -0.2) is 26.7 Å². The fourth-order valence-electron chi connectivity index (χ4n) is 2.87. The summed E-state index contributed by atoms with van der Waals surface area (Å²) in [7, 11) is -3.82. The number of rotatable bonds is 5. The Bertz CT molecular complexity index is 1000. The van der Waals surface area contributed by atoms with Crippen molar-refractivity contribution in [1.29, 1.82) is 0 Å². The third-order valence-corrected chi connectivity index (χ3v) is 6.19. The summed E-state index contributed by atoms with van der Waals surface area (Å²) in [6.07, 6.45) is 1.90. The third-order valence-electron chi connectivity index (χ3n) is 4.27. The molecule has 2 aromatic carbocycles. The summed E-state index contributed by atoms with van der Waals surface area (Å²) in [5.74, 6) is 0.0738. The van der Waals surface area contributed by atoms with Gasteiger partial charge in [-0.3, -0.25) is 4.79 Å². The number of hydrogen-bond acceptors (Lipinski definition) is 4. The lowest BCUT2D eigenvalue weighted by molar-refractivity contribution is 0.102. The normalized spacial score (nSPS) is 15.1. The van der Waals surface area contributed by atoms with E-state index < -0.39 is 10.0 Å². The minimum Gasteiger partial charge on any atom is -0.328 e. The molecule has 0 atom stereocenters. The monoisotopic (exact) mass is 449 g/mol. The number of unbranched alkanes of at least 4 members (excludes halogenated alkanes) is 1. The maximum Gasteiger partial charge on any atom is 0.286 e. The van der Waals surface area contributed by atoms with Gasteiger partial charge in [0.25, 0.3) is 15.9 Å². The predicted molar refractivity (Wildman–Crippen MR) is 111 cm³/mol. The Hall–Kier alpha value is -2.19. The first-order chi connectivity index (χ1) is 12.8. The molecule has 142 valence electrons. The molecule has 0 saturated heterocycles. The lowest BCUT2D eigenvalue weighted by atomic mass is 10.1. The van der Waals surface area contributed by atoms with Gasteiger partial charge in [-0.1, -0.05) is 29.3 Å². The topological polar surface area (TPSA) is 78.8 Å². The first-order valence-corrected chi connectivity index (χ1v) is 10.8. The molecule has 0 unspecified atom stereocenters. The van der Waals surface area contributed by atoms with E-state index in [4.69, 9.17) is 0 Å². The number of hydrogen-bond donors (Lipinski definition) is 1. The lowest BCUT2D eigenvalue weighted by Gasteiger charge is -2.29. The summed E-state index contributed by atoms with van der Waals surface area (Å²) in [5.41, 5.74) is 1.46. The van der Waals surface area contributed by atoms with Gasteiger partial charge in [-0.25, -0.2) is 0 Å². The number of sulfonamides is 1. The minimum atomic E-state index is -3.82. The number of benzene rings is 2. The Morgan fingerprint density at radius 1 is 1.19 bits per heavy atom. The second-order valence-electron chi connectivity index (χ2n) is 6.26. The number of amides is 1. The number of nitrogens with one attached hydrogen (secondary N) is 1. The van der Waals surface area contributed by atoms with E-state index >= 15 is 0 Å². The molecule has 1 amide bonds. The Morgan fingerprint density at radius 3 is 2.56 bits per heavy atom. The Morgan fingerprint density at radius 2 is 1.89 bits per heavy atom. The van der Waals surface area contributed by atoms with Gasteiger partial charge < -0.3 is 10.2 Å². The molecule has 0 aromatic heterocycles. The first kappa shape index (κ1) is 19.6. The van der Waals surface area contributed by atoms with Gasteiger partial charge in [-0.15, -0.1) is 4.40 Å². The molecule has 0 radical (unpaired) electrons. The van der Waals surface area contributed by atoms with Crippen LogP contribution in [0.1, 0.15) is 37.0 Å². The molecule has 8 heteroatoms. The largest absolute Gasteiger partial charge is 0.328 e. The zero-order chi connectivity index (χ0) is 19.6. The van der Waals surface area contributed by atoms with Crippen molar-refractivity contribution in [3.63, 3.8) is 0 Å². The van der Waals surface area contributed by atoms with Crippen molar-refractivity contribution in [2.24, 2.45) is 4.40 Å². The van der Waals surface area contributed by atoms with Gasteiger partial charge in [0.05, 0.1) is 5.69 Å². The van der Waals surface area contributed by atoms with Crippen LogP contribution in [0.25, 0.3) is 0 Å². The van der Waals surface area contributed by atoms with Crippen LogP contribution < -0.4 is 10.2 Å². The SMILES string of the molecule is CCCCN1C(C)=NS(=O)(=O)c2cc(C(=O)Nc3ccc(Br)cc3)ccc21. The second kappa shape index (κ2) is 7.82. The predicted octanol–water partition coefficient (Wildman–Crippen LogP) is 4.43. The van der Waals surface area contributed by atoms with E-state index in [2.05, 4.69) is 32.6 Å². The summed E-state index contributed by atoms with van der Waals surface area (Å²) in [5, 5.41) is 2.77. The maximum absolute atomic E-state index is 12.5. The highest BCUT2D eigenvalue weighted by atomic mass is 79.9. The van der Waals surface area contributed by atoms with Crippen molar-refractivity contribution in [3.05, 3.63) is 52.5 Å². The highest BCUT2D eigenvalue weighted by Crippen LogP contribution is 2.33. The van der Waals surface area contributed by atoms with E-state index in [0.717, 1.165) is 17.3 Å². The van der Waals surface area contributed by atoms with E-state index in [1.54, 1.807) is 31.2 Å². The Balaban J connectivity index is 1.93. The molecule has 6 nitrogen and oxygen atoms in total. The average Bonchev–Trinajstić information content (AvgIpc) is 2.63. The van der Waals surface area contributed by atoms with Crippen molar-refractivity contribution < 1.29 is 13.2 Å². The molecular formula is C19H20BrN3O3S. The standard InChI is InChI=1S/C19H20BrN3O3S/c1-3-4-11-23-13(2)22-27(25,26)18-12-14(5-10-17(18)23)19(24)21-16-8-6-15(20)7-9-16/h5-10,12H,3-4,11H2,1-2H3,(H,21,24). The van der Waals surface area contributed by atoms with E-state index in [-0.39, 0.29) is 16.4 Å². The summed E-state index contributed by atoms with van der Waals surface area (Å²) in [6, 6.07) is 11.9. The van der Waals surface area contributed by atoms with Crippen LogP contribution in [0, 0.1) is 0 Å².